The third-order valence-corrected chi connectivity index (χ3v) is 5.59. The Morgan fingerprint density at radius 1 is 1.12 bits per heavy atom. The maximum Gasteiger partial charge on any atom is 0.262 e. The van der Waals surface area contributed by atoms with Crippen molar-refractivity contribution in [3.63, 3.8) is 0 Å². The minimum Gasteiger partial charge on any atom is -0.493 e. The lowest BCUT2D eigenvalue weighted by molar-refractivity contribution is 0.0954. The molecule has 2 aromatic carbocycles. The first-order valence-electron chi connectivity index (χ1n) is 10.8. The summed E-state index contributed by atoms with van der Waals surface area (Å²) < 4.78 is 17.7. The lowest BCUT2D eigenvalue weighted by Gasteiger charge is -2.11. The molecule has 0 aliphatic carbocycles. The van der Waals surface area contributed by atoms with Gasteiger partial charge in [-0.2, -0.15) is 0 Å². The van der Waals surface area contributed by atoms with Crippen LogP contribution < -0.4 is 20.3 Å². The minimum absolute atomic E-state index is 0.175. The van der Waals surface area contributed by atoms with Crippen LogP contribution in [0.3, 0.4) is 0 Å². The molecule has 0 fully saturated rings. The van der Waals surface area contributed by atoms with Crippen LogP contribution in [-0.4, -0.2) is 49.4 Å². The molecule has 33 heavy (non-hydrogen) atoms. The van der Waals surface area contributed by atoms with Gasteiger partial charge in [-0.15, -0.1) is 0 Å². The van der Waals surface area contributed by atoms with Crippen LogP contribution >= 0.6 is 12.2 Å². The SMILES string of the molecule is CCOCCCn1c(=S)[nH]c2cc(C(=O)NCCc3ccc(OC)c(OC)c3)ccc2c1=O. The predicted molar refractivity (Wildman–Crippen MR) is 130 cm³/mol. The molecule has 1 amide bonds. The van der Waals surface area contributed by atoms with Crippen molar-refractivity contribution >= 4 is 29.0 Å². The van der Waals surface area contributed by atoms with Gasteiger partial charge in [0, 0.05) is 31.9 Å². The zero-order chi connectivity index (χ0) is 23.8. The second-order valence-electron chi connectivity index (χ2n) is 7.39. The fourth-order valence-corrected chi connectivity index (χ4v) is 3.81. The van der Waals surface area contributed by atoms with Gasteiger partial charge in [-0.1, -0.05) is 6.07 Å². The molecule has 0 unspecified atom stereocenters. The van der Waals surface area contributed by atoms with E-state index in [1.54, 1.807) is 32.4 Å². The molecule has 0 saturated carbocycles. The van der Waals surface area contributed by atoms with Crippen molar-refractivity contribution in [3.8, 4) is 11.5 Å². The van der Waals surface area contributed by atoms with E-state index in [-0.39, 0.29) is 11.5 Å². The molecule has 176 valence electrons. The number of nitrogens with one attached hydrogen (secondary N) is 2. The largest absolute Gasteiger partial charge is 0.493 e. The number of nitrogens with zero attached hydrogens (tertiary/aromatic N) is 1. The molecule has 0 spiro atoms. The number of carbonyl (C=O) groups excluding carboxylic acids is 1. The first-order chi connectivity index (χ1) is 16.0. The third kappa shape index (κ3) is 6.00. The van der Waals surface area contributed by atoms with Gasteiger partial charge in [0.05, 0.1) is 25.1 Å². The Hall–Kier alpha value is -3.17. The summed E-state index contributed by atoms with van der Waals surface area (Å²) in [5, 5.41) is 3.40. The first-order valence-corrected chi connectivity index (χ1v) is 11.2. The Bertz CT molecular complexity index is 1230. The number of rotatable bonds is 11. The molecule has 1 heterocycles. The van der Waals surface area contributed by atoms with E-state index in [0.717, 1.165) is 5.56 Å². The van der Waals surface area contributed by atoms with E-state index in [9.17, 15) is 9.59 Å². The smallest absolute Gasteiger partial charge is 0.262 e. The summed E-state index contributed by atoms with van der Waals surface area (Å²) in [6.45, 7) is 4.06. The van der Waals surface area contributed by atoms with Crippen molar-refractivity contribution < 1.29 is 19.0 Å². The number of ether oxygens (including phenoxy) is 3. The van der Waals surface area contributed by atoms with Gasteiger partial charge >= 0.3 is 0 Å². The van der Waals surface area contributed by atoms with Crippen molar-refractivity contribution in [1.82, 2.24) is 14.9 Å². The van der Waals surface area contributed by atoms with E-state index >= 15 is 0 Å². The number of fused-ring (bicyclic) bond motifs is 1. The molecule has 0 saturated heterocycles. The molecule has 0 aliphatic rings. The van der Waals surface area contributed by atoms with E-state index in [2.05, 4.69) is 10.3 Å². The molecule has 0 bridgehead atoms. The number of carbonyl (C=O) groups is 1. The van der Waals surface area contributed by atoms with Crippen molar-refractivity contribution in [1.29, 1.82) is 0 Å². The summed E-state index contributed by atoms with van der Waals surface area (Å²) in [7, 11) is 3.18. The van der Waals surface area contributed by atoms with Crippen molar-refractivity contribution in [3.05, 3.63) is 62.6 Å². The predicted octanol–water partition coefficient (Wildman–Crippen LogP) is 3.48. The molecule has 8 nitrogen and oxygen atoms in total. The zero-order valence-electron chi connectivity index (χ0n) is 19.1. The Kier molecular flexibility index (Phi) is 8.62. The van der Waals surface area contributed by atoms with Gasteiger partial charge in [-0.05, 0) is 67.9 Å². The quantitative estimate of drug-likeness (QED) is 0.329. The van der Waals surface area contributed by atoms with Gasteiger partial charge in [-0.3, -0.25) is 14.2 Å². The van der Waals surface area contributed by atoms with Crippen LogP contribution in [0.5, 0.6) is 11.5 Å². The number of amides is 1. The van der Waals surface area contributed by atoms with Gasteiger partial charge < -0.3 is 24.5 Å². The molecule has 1 aromatic heterocycles. The van der Waals surface area contributed by atoms with Gasteiger partial charge in [0.2, 0.25) is 0 Å². The average molecular weight is 472 g/mol. The molecule has 2 N–H and O–H groups in total. The number of aromatic nitrogens is 2. The molecular formula is C24H29N3O5S. The number of H-pyrrole nitrogens is 1. The van der Waals surface area contributed by atoms with Crippen LogP contribution in [0, 0.1) is 4.77 Å². The number of methoxy groups -OCH3 is 2. The highest BCUT2D eigenvalue weighted by Gasteiger charge is 2.11. The van der Waals surface area contributed by atoms with E-state index in [1.807, 2.05) is 25.1 Å². The van der Waals surface area contributed by atoms with Gasteiger partial charge in [0.15, 0.2) is 16.3 Å². The molecule has 0 atom stereocenters. The Morgan fingerprint density at radius 2 is 1.91 bits per heavy atom. The van der Waals surface area contributed by atoms with E-state index < -0.39 is 0 Å². The molecule has 3 rings (SSSR count). The molecule has 9 heteroatoms. The van der Waals surface area contributed by atoms with Crippen LogP contribution in [0.1, 0.15) is 29.3 Å². The average Bonchev–Trinajstić information content (AvgIpc) is 2.82. The lowest BCUT2D eigenvalue weighted by Crippen LogP contribution is -2.26. The summed E-state index contributed by atoms with van der Waals surface area (Å²) in [5.41, 5.74) is 1.83. The normalized spacial score (nSPS) is 10.9. The summed E-state index contributed by atoms with van der Waals surface area (Å²) in [6.07, 6.45) is 1.33. The third-order valence-electron chi connectivity index (χ3n) is 5.27. The topological polar surface area (TPSA) is 94.6 Å². The minimum atomic E-state index is -0.224. The highest BCUT2D eigenvalue weighted by Crippen LogP contribution is 2.27. The lowest BCUT2D eigenvalue weighted by atomic mass is 10.1. The van der Waals surface area contributed by atoms with Crippen molar-refractivity contribution in [2.24, 2.45) is 0 Å². The van der Waals surface area contributed by atoms with E-state index in [4.69, 9.17) is 26.4 Å². The van der Waals surface area contributed by atoms with Gasteiger partial charge in [0.1, 0.15) is 0 Å². The first kappa shape index (κ1) is 24.5. The van der Waals surface area contributed by atoms with Gasteiger partial charge in [-0.25, -0.2) is 0 Å². The second-order valence-corrected chi connectivity index (χ2v) is 7.78. The second kappa shape index (κ2) is 11.6. The maximum atomic E-state index is 12.8. The van der Waals surface area contributed by atoms with E-state index in [0.29, 0.717) is 71.9 Å². The fraction of sp³-hybridized carbons (Fsp3) is 0.375. The standard InChI is InChI=1S/C24H29N3O5S/c1-4-32-13-5-12-27-23(29)18-8-7-17(15-19(18)26-24(27)33)22(28)25-11-10-16-6-9-20(30-2)21(14-16)31-3/h6-9,14-15H,4-5,10-13H2,1-3H3,(H,25,28)(H,26,33). The summed E-state index contributed by atoms with van der Waals surface area (Å²) in [6, 6.07) is 10.6. The van der Waals surface area contributed by atoms with Crippen molar-refractivity contribution in [2.75, 3.05) is 34.0 Å². The van der Waals surface area contributed by atoms with E-state index in [1.165, 1.54) is 4.57 Å². The fourth-order valence-electron chi connectivity index (χ4n) is 3.53. The zero-order valence-corrected chi connectivity index (χ0v) is 19.9. The summed E-state index contributed by atoms with van der Waals surface area (Å²) in [4.78, 5) is 28.6. The van der Waals surface area contributed by atoms with Gasteiger partial charge in [0.25, 0.3) is 11.5 Å². The summed E-state index contributed by atoms with van der Waals surface area (Å²) in [5.74, 6) is 1.08. The summed E-state index contributed by atoms with van der Waals surface area (Å²) >= 11 is 5.36. The Morgan fingerprint density at radius 3 is 2.64 bits per heavy atom. The van der Waals surface area contributed by atoms with Crippen LogP contribution in [0.15, 0.2) is 41.2 Å². The van der Waals surface area contributed by atoms with Crippen LogP contribution in [-0.2, 0) is 17.7 Å². The van der Waals surface area contributed by atoms with Crippen molar-refractivity contribution in [2.45, 2.75) is 26.3 Å². The molecule has 0 aliphatic heterocycles. The van der Waals surface area contributed by atoms with Crippen LogP contribution in [0.25, 0.3) is 10.9 Å². The Labute approximate surface area is 197 Å². The maximum absolute atomic E-state index is 12.8. The number of benzene rings is 2. The number of aromatic amines is 1. The van der Waals surface area contributed by atoms with Crippen LogP contribution in [0.2, 0.25) is 0 Å². The number of hydrogen-bond acceptors (Lipinski definition) is 6. The monoisotopic (exact) mass is 471 g/mol. The molecule has 0 radical (unpaired) electrons. The molecule has 3 aromatic rings. The Balaban J connectivity index is 1.68. The highest BCUT2D eigenvalue weighted by atomic mass is 32.1. The number of hydrogen-bond donors (Lipinski definition) is 2. The molecular weight excluding hydrogens is 442 g/mol. The highest BCUT2D eigenvalue weighted by molar-refractivity contribution is 7.71. The van der Waals surface area contributed by atoms with Crippen LogP contribution in [0.4, 0.5) is 0 Å².